The zero-order valence-electron chi connectivity index (χ0n) is 17.1. The molecule has 2 fully saturated rings. The SMILES string of the molecule is CCC(C(=O)OC1CC2CCC(C1)N2C)c1ccc(Br)cc1.O=C([O-])/C=C\C(=O)[O-]. The fraction of sp³-hybridized carbons (Fsp3) is 0.500. The molecule has 7 nitrogen and oxygen atoms in total. The third kappa shape index (κ3) is 6.95. The quantitative estimate of drug-likeness (QED) is 0.444. The summed E-state index contributed by atoms with van der Waals surface area (Å²) in [6.45, 7) is 2.05. The van der Waals surface area contributed by atoms with Gasteiger partial charge in [-0.15, -0.1) is 0 Å². The molecule has 30 heavy (non-hydrogen) atoms. The summed E-state index contributed by atoms with van der Waals surface area (Å²) in [7, 11) is 2.21. The lowest BCUT2D eigenvalue weighted by molar-refractivity contribution is -0.301. The number of hydrogen-bond donors (Lipinski definition) is 0. The maximum absolute atomic E-state index is 12.6. The first-order valence-electron chi connectivity index (χ1n) is 9.99. The molecular weight excluding hydrogens is 454 g/mol. The first kappa shape index (κ1) is 24.1. The van der Waals surface area contributed by atoms with Crippen molar-refractivity contribution in [3.8, 4) is 0 Å². The molecule has 2 aliphatic rings. The number of carboxylic acid groups (broad SMARTS) is 2. The van der Waals surface area contributed by atoms with Crippen molar-refractivity contribution in [2.24, 2.45) is 0 Å². The van der Waals surface area contributed by atoms with Gasteiger partial charge in [-0.1, -0.05) is 35.0 Å². The van der Waals surface area contributed by atoms with Gasteiger partial charge in [-0.05, 0) is 69.0 Å². The van der Waals surface area contributed by atoms with E-state index < -0.39 is 11.9 Å². The molecule has 2 bridgehead atoms. The van der Waals surface area contributed by atoms with Gasteiger partial charge < -0.3 is 29.4 Å². The predicted octanol–water partition coefficient (Wildman–Crippen LogP) is 1.15. The Labute approximate surface area is 184 Å². The average Bonchev–Trinajstić information content (AvgIpc) is 2.90. The van der Waals surface area contributed by atoms with E-state index in [9.17, 15) is 24.6 Å². The molecule has 0 N–H and O–H groups in total. The second-order valence-corrected chi connectivity index (χ2v) is 8.48. The molecule has 3 atom stereocenters. The predicted molar refractivity (Wildman–Crippen MR) is 110 cm³/mol. The zero-order chi connectivity index (χ0) is 22.3. The smallest absolute Gasteiger partial charge is 0.313 e. The van der Waals surface area contributed by atoms with Crippen LogP contribution in [0.3, 0.4) is 0 Å². The Bertz CT molecular complexity index is 748. The Morgan fingerprint density at radius 2 is 1.60 bits per heavy atom. The Hall–Kier alpha value is -2.19. The number of benzene rings is 1. The van der Waals surface area contributed by atoms with E-state index in [2.05, 4.69) is 27.9 Å². The Balaban J connectivity index is 0.000000343. The molecule has 3 unspecified atom stereocenters. The van der Waals surface area contributed by atoms with E-state index in [0.717, 1.165) is 29.3 Å². The summed E-state index contributed by atoms with van der Waals surface area (Å²) in [6, 6.07) is 9.20. The van der Waals surface area contributed by atoms with Gasteiger partial charge in [0.1, 0.15) is 6.10 Å². The topological polar surface area (TPSA) is 110 Å². The minimum absolute atomic E-state index is 0.0567. The van der Waals surface area contributed by atoms with Gasteiger partial charge in [0, 0.05) is 16.6 Å². The number of halogens is 1. The molecule has 1 aromatic rings. The van der Waals surface area contributed by atoms with Crippen LogP contribution >= 0.6 is 15.9 Å². The summed E-state index contributed by atoms with van der Waals surface area (Å²) >= 11 is 3.44. The van der Waals surface area contributed by atoms with Crippen molar-refractivity contribution in [3.05, 3.63) is 46.5 Å². The molecule has 2 saturated heterocycles. The molecule has 0 saturated carbocycles. The van der Waals surface area contributed by atoms with Crippen LogP contribution in [0.1, 0.15) is 50.5 Å². The Morgan fingerprint density at radius 3 is 2.03 bits per heavy atom. The molecule has 0 spiro atoms. The van der Waals surface area contributed by atoms with Gasteiger partial charge in [0.05, 0.1) is 17.9 Å². The molecule has 0 radical (unpaired) electrons. The van der Waals surface area contributed by atoms with Crippen molar-refractivity contribution in [1.82, 2.24) is 4.90 Å². The molecular formula is C22H26BrNO6-2. The van der Waals surface area contributed by atoms with E-state index in [1.165, 1.54) is 12.8 Å². The van der Waals surface area contributed by atoms with Crippen molar-refractivity contribution < 1.29 is 29.3 Å². The number of hydrogen-bond acceptors (Lipinski definition) is 7. The molecule has 164 valence electrons. The first-order chi connectivity index (χ1) is 14.2. The van der Waals surface area contributed by atoms with Crippen LogP contribution in [0.25, 0.3) is 0 Å². The second-order valence-electron chi connectivity index (χ2n) is 7.56. The van der Waals surface area contributed by atoms with E-state index >= 15 is 0 Å². The number of carbonyl (C=O) groups is 3. The van der Waals surface area contributed by atoms with E-state index in [1.807, 2.05) is 31.2 Å². The van der Waals surface area contributed by atoms with Gasteiger partial charge in [-0.3, -0.25) is 4.79 Å². The second kappa shape index (κ2) is 11.3. The number of carboxylic acids is 2. The first-order valence-corrected chi connectivity index (χ1v) is 10.8. The zero-order valence-corrected chi connectivity index (χ0v) is 18.7. The highest BCUT2D eigenvalue weighted by Gasteiger charge is 2.40. The largest absolute Gasteiger partial charge is 0.545 e. The summed E-state index contributed by atoms with van der Waals surface area (Å²) in [5, 5.41) is 18.8. The third-order valence-electron chi connectivity index (χ3n) is 5.66. The van der Waals surface area contributed by atoms with Gasteiger partial charge in [-0.25, -0.2) is 0 Å². The molecule has 0 aromatic heterocycles. The molecule has 3 rings (SSSR count). The molecule has 8 heteroatoms. The summed E-state index contributed by atoms with van der Waals surface area (Å²) in [5.74, 6) is -3.30. The van der Waals surface area contributed by atoms with Gasteiger partial charge >= 0.3 is 5.97 Å². The summed E-state index contributed by atoms with van der Waals surface area (Å²) < 4.78 is 6.91. The maximum Gasteiger partial charge on any atom is 0.313 e. The summed E-state index contributed by atoms with van der Waals surface area (Å²) in [6.07, 6.45) is 6.14. The van der Waals surface area contributed by atoms with E-state index in [1.54, 1.807) is 0 Å². The van der Waals surface area contributed by atoms with E-state index in [4.69, 9.17) is 4.74 Å². The number of piperidine rings is 1. The van der Waals surface area contributed by atoms with Crippen LogP contribution in [-0.2, 0) is 19.1 Å². The minimum atomic E-state index is -1.55. The van der Waals surface area contributed by atoms with Crippen LogP contribution < -0.4 is 10.2 Å². The number of ether oxygens (including phenoxy) is 1. The average molecular weight is 480 g/mol. The lowest BCUT2D eigenvalue weighted by Crippen LogP contribution is -2.43. The Morgan fingerprint density at radius 1 is 1.10 bits per heavy atom. The fourth-order valence-corrected chi connectivity index (χ4v) is 4.34. The van der Waals surface area contributed by atoms with Crippen molar-refractivity contribution in [1.29, 1.82) is 0 Å². The monoisotopic (exact) mass is 479 g/mol. The normalized spacial score (nSPS) is 24.0. The van der Waals surface area contributed by atoms with Crippen LogP contribution in [0.2, 0.25) is 0 Å². The van der Waals surface area contributed by atoms with Crippen LogP contribution in [0, 0.1) is 0 Å². The highest BCUT2D eigenvalue weighted by atomic mass is 79.9. The summed E-state index contributed by atoms with van der Waals surface area (Å²) in [5.41, 5.74) is 1.05. The van der Waals surface area contributed by atoms with Crippen LogP contribution in [-0.4, -0.2) is 48.0 Å². The minimum Gasteiger partial charge on any atom is -0.545 e. The van der Waals surface area contributed by atoms with Gasteiger partial charge in [0.2, 0.25) is 0 Å². The summed E-state index contributed by atoms with van der Waals surface area (Å²) in [4.78, 5) is 33.9. The highest BCUT2D eigenvalue weighted by Crippen LogP contribution is 2.36. The van der Waals surface area contributed by atoms with Crippen LogP contribution in [0.4, 0.5) is 0 Å². The molecule has 1 aromatic carbocycles. The van der Waals surface area contributed by atoms with Crippen LogP contribution in [0.5, 0.6) is 0 Å². The Kier molecular flexibility index (Phi) is 9.05. The van der Waals surface area contributed by atoms with Crippen molar-refractivity contribution in [3.63, 3.8) is 0 Å². The fourth-order valence-electron chi connectivity index (χ4n) is 4.07. The maximum atomic E-state index is 12.6. The number of carbonyl (C=O) groups excluding carboxylic acids is 3. The lowest BCUT2D eigenvalue weighted by atomic mass is 9.96. The highest BCUT2D eigenvalue weighted by molar-refractivity contribution is 9.10. The van der Waals surface area contributed by atoms with Crippen molar-refractivity contribution >= 4 is 33.8 Å². The number of nitrogens with zero attached hydrogens (tertiary/aromatic N) is 1. The molecule has 2 aliphatic heterocycles. The number of fused-ring (bicyclic) bond motifs is 2. The van der Waals surface area contributed by atoms with E-state index in [0.29, 0.717) is 24.2 Å². The van der Waals surface area contributed by atoms with E-state index in [-0.39, 0.29) is 18.0 Å². The number of esters is 1. The van der Waals surface area contributed by atoms with Gasteiger partial charge in [0.25, 0.3) is 0 Å². The third-order valence-corrected chi connectivity index (χ3v) is 6.19. The van der Waals surface area contributed by atoms with Gasteiger partial charge in [-0.2, -0.15) is 0 Å². The number of rotatable bonds is 6. The standard InChI is InChI=1S/C18H24BrNO2.C4H4O4/c1-3-17(12-4-6-13(19)7-5-12)18(21)22-16-10-14-8-9-15(11-16)20(14)2;5-3(6)1-2-4(7)8/h4-7,14-17H,3,8-11H2,1-2H3;1-2H,(H,5,6)(H,7,8)/p-2/b;2-1-. The molecule has 2 heterocycles. The number of aliphatic carboxylic acids is 2. The molecule has 0 aliphatic carbocycles. The van der Waals surface area contributed by atoms with Crippen molar-refractivity contribution in [2.45, 2.75) is 63.1 Å². The van der Waals surface area contributed by atoms with Gasteiger partial charge in [0.15, 0.2) is 0 Å². The molecule has 0 amide bonds. The van der Waals surface area contributed by atoms with Crippen LogP contribution in [0.15, 0.2) is 40.9 Å². The van der Waals surface area contributed by atoms with Crippen molar-refractivity contribution in [2.75, 3.05) is 7.05 Å². The lowest BCUT2D eigenvalue weighted by Gasteiger charge is -2.36.